The first-order valence-corrected chi connectivity index (χ1v) is 4.28. The quantitative estimate of drug-likeness (QED) is 0.740. The summed E-state index contributed by atoms with van der Waals surface area (Å²) in [5, 5.41) is 9.47. The predicted molar refractivity (Wildman–Crippen MR) is 52.3 cm³/mol. The van der Waals surface area contributed by atoms with Gasteiger partial charge >= 0.3 is 5.69 Å². The first-order chi connectivity index (χ1) is 6.77. The number of rotatable bonds is 2. The van der Waals surface area contributed by atoms with Crippen molar-refractivity contribution >= 4 is 0 Å². The topological polar surface area (TPSA) is 58.0 Å². The molecule has 0 bridgehead atoms. The van der Waals surface area contributed by atoms with E-state index in [2.05, 4.69) is 4.98 Å². The van der Waals surface area contributed by atoms with Crippen molar-refractivity contribution in [2.45, 2.75) is 6.54 Å². The molecule has 1 aromatic carbocycles. The van der Waals surface area contributed by atoms with Crippen molar-refractivity contribution < 1.29 is 5.11 Å². The molecule has 2 aromatic rings. The lowest BCUT2D eigenvalue weighted by atomic mass is 10.2. The summed E-state index contributed by atoms with van der Waals surface area (Å²) in [7, 11) is 0. The van der Waals surface area contributed by atoms with Crippen molar-refractivity contribution in [1.82, 2.24) is 9.55 Å². The van der Waals surface area contributed by atoms with E-state index < -0.39 is 0 Å². The van der Waals surface area contributed by atoms with Crippen LogP contribution in [0.2, 0.25) is 0 Å². The molecule has 0 aliphatic heterocycles. The van der Waals surface area contributed by atoms with Crippen LogP contribution in [0.25, 0.3) is 0 Å². The number of hydrogen-bond donors (Lipinski definition) is 2. The summed E-state index contributed by atoms with van der Waals surface area (Å²) in [5.41, 5.74) is 0.558. The maximum atomic E-state index is 11.2. The number of para-hydroxylation sites is 1. The van der Waals surface area contributed by atoms with Crippen molar-refractivity contribution in [2.75, 3.05) is 0 Å². The van der Waals surface area contributed by atoms with Gasteiger partial charge in [-0.1, -0.05) is 18.2 Å². The van der Waals surface area contributed by atoms with Gasteiger partial charge in [-0.05, 0) is 6.07 Å². The van der Waals surface area contributed by atoms with Crippen molar-refractivity contribution in [1.29, 1.82) is 0 Å². The molecular weight excluding hydrogens is 180 g/mol. The molecule has 0 aliphatic rings. The Kier molecular flexibility index (Phi) is 2.10. The number of aromatic nitrogens is 2. The number of benzene rings is 1. The molecule has 0 aliphatic carbocycles. The Bertz CT molecular complexity index is 485. The van der Waals surface area contributed by atoms with E-state index >= 15 is 0 Å². The van der Waals surface area contributed by atoms with Gasteiger partial charge in [-0.3, -0.25) is 4.57 Å². The average Bonchev–Trinajstić information content (AvgIpc) is 2.56. The molecule has 2 N–H and O–H groups in total. The fourth-order valence-electron chi connectivity index (χ4n) is 1.30. The molecular formula is C10H10N2O2. The predicted octanol–water partition coefficient (Wildman–Crippen LogP) is 0.930. The number of hydrogen-bond acceptors (Lipinski definition) is 2. The van der Waals surface area contributed by atoms with E-state index in [1.807, 2.05) is 6.07 Å². The molecule has 0 fully saturated rings. The molecule has 4 nitrogen and oxygen atoms in total. The summed E-state index contributed by atoms with van der Waals surface area (Å²) >= 11 is 0. The molecule has 2 rings (SSSR count). The number of nitrogens with zero attached hydrogens (tertiary/aromatic N) is 1. The van der Waals surface area contributed by atoms with Gasteiger partial charge in [-0.25, -0.2) is 4.79 Å². The van der Waals surface area contributed by atoms with Crippen LogP contribution in [0.15, 0.2) is 41.5 Å². The fourth-order valence-corrected chi connectivity index (χ4v) is 1.30. The second kappa shape index (κ2) is 3.41. The third-order valence-corrected chi connectivity index (χ3v) is 2.05. The van der Waals surface area contributed by atoms with Crippen LogP contribution in [0, 0.1) is 0 Å². The van der Waals surface area contributed by atoms with Gasteiger partial charge in [-0.2, -0.15) is 0 Å². The molecule has 0 saturated heterocycles. The minimum atomic E-state index is -0.173. The Morgan fingerprint density at radius 3 is 2.79 bits per heavy atom. The van der Waals surface area contributed by atoms with Crippen LogP contribution in [0.5, 0.6) is 5.75 Å². The van der Waals surface area contributed by atoms with Crippen molar-refractivity contribution in [3.05, 3.63) is 52.7 Å². The number of nitrogens with one attached hydrogen (secondary N) is 1. The summed E-state index contributed by atoms with van der Waals surface area (Å²) in [6.07, 6.45) is 3.22. The number of aromatic hydroxyl groups is 1. The maximum Gasteiger partial charge on any atom is 0.325 e. The van der Waals surface area contributed by atoms with Crippen LogP contribution in [0.3, 0.4) is 0 Å². The highest BCUT2D eigenvalue weighted by Gasteiger charge is 2.01. The summed E-state index contributed by atoms with van der Waals surface area (Å²) < 4.78 is 1.50. The van der Waals surface area contributed by atoms with Gasteiger partial charge in [0.25, 0.3) is 0 Å². The number of H-pyrrole nitrogens is 1. The van der Waals surface area contributed by atoms with Crippen molar-refractivity contribution in [3.63, 3.8) is 0 Å². The van der Waals surface area contributed by atoms with E-state index in [1.54, 1.807) is 30.6 Å². The first-order valence-electron chi connectivity index (χ1n) is 4.28. The zero-order valence-corrected chi connectivity index (χ0v) is 7.47. The number of phenols is 1. The highest BCUT2D eigenvalue weighted by atomic mass is 16.3. The third kappa shape index (κ3) is 1.54. The SMILES string of the molecule is O=c1[nH]ccn1Cc1ccccc1O. The monoisotopic (exact) mass is 190 g/mol. The van der Waals surface area contributed by atoms with Gasteiger partial charge in [0.2, 0.25) is 0 Å². The maximum absolute atomic E-state index is 11.2. The Morgan fingerprint density at radius 1 is 1.36 bits per heavy atom. The smallest absolute Gasteiger partial charge is 0.325 e. The third-order valence-electron chi connectivity index (χ3n) is 2.05. The van der Waals surface area contributed by atoms with Crippen molar-refractivity contribution in [3.8, 4) is 5.75 Å². The van der Waals surface area contributed by atoms with Gasteiger partial charge in [0.05, 0.1) is 6.54 Å². The fraction of sp³-hybridized carbons (Fsp3) is 0.100. The molecule has 14 heavy (non-hydrogen) atoms. The number of imidazole rings is 1. The first kappa shape index (κ1) is 8.62. The average molecular weight is 190 g/mol. The zero-order chi connectivity index (χ0) is 9.97. The van der Waals surface area contributed by atoms with Crippen LogP contribution < -0.4 is 5.69 Å². The van der Waals surface area contributed by atoms with Crippen molar-refractivity contribution in [2.24, 2.45) is 0 Å². The molecule has 1 heterocycles. The number of aromatic amines is 1. The summed E-state index contributed by atoms with van der Waals surface area (Å²) in [5.74, 6) is 0.209. The molecule has 0 radical (unpaired) electrons. The van der Waals surface area contributed by atoms with E-state index in [9.17, 15) is 9.90 Å². The normalized spacial score (nSPS) is 10.3. The van der Waals surface area contributed by atoms with E-state index in [0.29, 0.717) is 6.54 Å². The van der Waals surface area contributed by atoms with E-state index in [0.717, 1.165) is 5.56 Å². The minimum Gasteiger partial charge on any atom is -0.508 e. The molecule has 72 valence electrons. The van der Waals surface area contributed by atoms with E-state index in [1.165, 1.54) is 4.57 Å². The van der Waals surface area contributed by atoms with Crippen LogP contribution in [0.4, 0.5) is 0 Å². The van der Waals surface area contributed by atoms with E-state index in [4.69, 9.17) is 0 Å². The molecule has 0 amide bonds. The van der Waals surface area contributed by atoms with Crippen LogP contribution in [-0.4, -0.2) is 14.7 Å². The largest absolute Gasteiger partial charge is 0.508 e. The molecule has 0 saturated carbocycles. The number of phenolic OH excluding ortho intramolecular Hbond substituents is 1. The Hall–Kier alpha value is -1.97. The molecule has 0 spiro atoms. The second-order valence-corrected chi connectivity index (χ2v) is 3.02. The van der Waals surface area contributed by atoms with Crippen LogP contribution in [-0.2, 0) is 6.54 Å². The van der Waals surface area contributed by atoms with Gasteiger partial charge < -0.3 is 10.1 Å². The zero-order valence-electron chi connectivity index (χ0n) is 7.47. The summed E-state index contributed by atoms with van der Waals surface area (Å²) in [6, 6.07) is 6.97. The molecule has 1 aromatic heterocycles. The van der Waals surface area contributed by atoms with Gasteiger partial charge in [0.15, 0.2) is 0 Å². The lowest BCUT2D eigenvalue weighted by Gasteiger charge is -2.03. The second-order valence-electron chi connectivity index (χ2n) is 3.02. The standard InChI is InChI=1S/C10H10N2O2/c13-9-4-2-1-3-8(9)7-12-6-5-11-10(12)14/h1-6,13H,7H2,(H,11,14). The minimum absolute atomic E-state index is 0.173. The summed E-state index contributed by atoms with van der Waals surface area (Å²) in [6.45, 7) is 0.384. The van der Waals surface area contributed by atoms with Crippen LogP contribution in [0.1, 0.15) is 5.56 Å². The highest BCUT2D eigenvalue weighted by molar-refractivity contribution is 5.31. The Labute approximate surface area is 80.4 Å². The van der Waals surface area contributed by atoms with Gasteiger partial charge in [0.1, 0.15) is 5.75 Å². The van der Waals surface area contributed by atoms with Gasteiger partial charge in [-0.15, -0.1) is 0 Å². The lowest BCUT2D eigenvalue weighted by molar-refractivity contribution is 0.465. The van der Waals surface area contributed by atoms with Gasteiger partial charge in [0, 0.05) is 18.0 Å². The lowest BCUT2D eigenvalue weighted by Crippen LogP contribution is -2.16. The molecule has 4 heteroatoms. The highest BCUT2D eigenvalue weighted by Crippen LogP contribution is 2.15. The van der Waals surface area contributed by atoms with E-state index in [-0.39, 0.29) is 11.4 Å². The van der Waals surface area contributed by atoms with Crippen LogP contribution >= 0.6 is 0 Å². The molecule has 0 unspecified atom stereocenters. The summed E-state index contributed by atoms with van der Waals surface area (Å²) in [4.78, 5) is 13.7. The molecule has 0 atom stereocenters. The Morgan fingerprint density at radius 2 is 2.14 bits per heavy atom. The Balaban J connectivity index is 2.32.